The van der Waals surface area contributed by atoms with Crippen molar-refractivity contribution in [1.82, 2.24) is 0 Å². The number of hydrogen-bond acceptors (Lipinski definition) is 7. The van der Waals surface area contributed by atoms with Crippen LogP contribution in [-0.4, -0.2) is 19.9 Å². The van der Waals surface area contributed by atoms with E-state index < -0.39 is 6.16 Å². The van der Waals surface area contributed by atoms with Crippen molar-refractivity contribution >= 4 is 17.1 Å². The standard InChI is InChI=1S/C19H16O7/c1-3-23-19(21)26-14-7-8-15-16(10-14)24-11-17(18(15)20)25-13-6-4-5-12(9-13)22-2/h4-11H,3H2,1-2H3. The lowest BCUT2D eigenvalue weighted by Gasteiger charge is -2.08. The Bertz CT molecular complexity index is 991. The summed E-state index contributed by atoms with van der Waals surface area (Å²) in [5.41, 5.74) is -0.0912. The molecule has 0 aliphatic rings. The Morgan fingerprint density at radius 2 is 1.88 bits per heavy atom. The van der Waals surface area contributed by atoms with Gasteiger partial charge in [-0.25, -0.2) is 4.79 Å². The summed E-state index contributed by atoms with van der Waals surface area (Å²) in [6.07, 6.45) is 0.380. The van der Waals surface area contributed by atoms with Gasteiger partial charge in [0.1, 0.15) is 29.1 Å². The highest BCUT2D eigenvalue weighted by Crippen LogP contribution is 2.26. The number of benzene rings is 2. The van der Waals surface area contributed by atoms with E-state index in [0.29, 0.717) is 16.9 Å². The Morgan fingerprint density at radius 1 is 1.08 bits per heavy atom. The van der Waals surface area contributed by atoms with E-state index in [0.717, 1.165) is 0 Å². The lowest BCUT2D eigenvalue weighted by atomic mass is 10.2. The maximum atomic E-state index is 12.6. The molecular formula is C19H16O7. The Hall–Kier alpha value is -3.48. The molecule has 0 bridgehead atoms. The third-order valence-corrected chi connectivity index (χ3v) is 3.45. The summed E-state index contributed by atoms with van der Waals surface area (Å²) in [6.45, 7) is 1.87. The Labute approximate surface area is 148 Å². The molecule has 26 heavy (non-hydrogen) atoms. The fourth-order valence-corrected chi connectivity index (χ4v) is 2.26. The fourth-order valence-electron chi connectivity index (χ4n) is 2.26. The molecule has 0 aliphatic heterocycles. The molecule has 0 saturated heterocycles. The average Bonchev–Trinajstić information content (AvgIpc) is 2.64. The first-order chi connectivity index (χ1) is 12.6. The molecule has 0 N–H and O–H groups in total. The monoisotopic (exact) mass is 356 g/mol. The van der Waals surface area contributed by atoms with Gasteiger partial charge in [0.15, 0.2) is 0 Å². The van der Waals surface area contributed by atoms with E-state index in [1.165, 1.54) is 24.5 Å². The first kappa shape index (κ1) is 17.3. The van der Waals surface area contributed by atoms with Gasteiger partial charge in [-0.3, -0.25) is 4.79 Å². The van der Waals surface area contributed by atoms with Crippen LogP contribution in [0.4, 0.5) is 4.79 Å². The van der Waals surface area contributed by atoms with Crippen LogP contribution in [0.5, 0.6) is 23.0 Å². The highest BCUT2D eigenvalue weighted by molar-refractivity contribution is 5.80. The molecule has 134 valence electrons. The summed E-state index contributed by atoms with van der Waals surface area (Å²) in [5, 5.41) is 0.293. The average molecular weight is 356 g/mol. The molecule has 3 aromatic rings. The van der Waals surface area contributed by atoms with Crippen LogP contribution in [0, 0.1) is 0 Å². The molecule has 2 aromatic carbocycles. The summed E-state index contributed by atoms with van der Waals surface area (Å²) >= 11 is 0. The van der Waals surface area contributed by atoms with Gasteiger partial charge in [-0.15, -0.1) is 0 Å². The maximum absolute atomic E-state index is 12.6. The largest absolute Gasteiger partial charge is 0.513 e. The maximum Gasteiger partial charge on any atom is 0.513 e. The van der Waals surface area contributed by atoms with Gasteiger partial charge in [-0.05, 0) is 31.2 Å². The lowest BCUT2D eigenvalue weighted by Crippen LogP contribution is -2.10. The number of fused-ring (bicyclic) bond motifs is 1. The molecule has 7 nitrogen and oxygen atoms in total. The third-order valence-electron chi connectivity index (χ3n) is 3.45. The molecule has 0 saturated carbocycles. The first-order valence-electron chi connectivity index (χ1n) is 7.82. The van der Waals surface area contributed by atoms with Gasteiger partial charge < -0.3 is 23.4 Å². The Balaban J connectivity index is 1.88. The van der Waals surface area contributed by atoms with Gasteiger partial charge in [-0.1, -0.05) is 6.07 Å². The number of methoxy groups -OCH3 is 1. The predicted molar refractivity (Wildman–Crippen MR) is 93.2 cm³/mol. The van der Waals surface area contributed by atoms with Crippen LogP contribution < -0.4 is 19.6 Å². The van der Waals surface area contributed by atoms with E-state index in [1.807, 2.05) is 0 Å². The zero-order valence-corrected chi connectivity index (χ0v) is 14.2. The number of rotatable bonds is 5. The molecule has 0 fully saturated rings. The molecule has 0 amide bonds. The second-order valence-corrected chi connectivity index (χ2v) is 5.15. The first-order valence-corrected chi connectivity index (χ1v) is 7.82. The smallest absolute Gasteiger partial charge is 0.497 e. The summed E-state index contributed by atoms with van der Waals surface area (Å²) in [6, 6.07) is 11.3. The minimum Gasteiger partial charge on any atom is -0.497 e. The van der Waals surface area contributed by atoms with Crippen molar-refractivity contribution in [2.75, 3.05) is 13.7 Å². The molecule has 7 heteroatoms. The molecule has 0 atom stereocenters. The second-order valence-electron chi connectivity index (χ2n) is 5.15. The summed E-state index contributed by atoms with van der Waals surface area (Å²) in [4.78, 5) is 23.9. The molecule has 0 spiro atoms. The van der Waals surface area contributed by atoms with E-state index in [4.69, 9.17) is 23.4 Å². The number of carbonyl (C=O) groups is 1. The van der Waals surface area contributed by atoms with Gasteiger partial charge in [0.25, 0.3) is 0 Å². The van der Waals surface area contributed by atoms with Crippen molar-refractivity contribution in [2.24, 2.45) is 0 Å². The van der Waals surface area contributed by atoms with Crippen molar-refractivity contribution in [3.05, 3.63) is 59.0 Å². The molecule has 0 unspecified atom stereocenters. The predicted octanol–water partition coefficient (Wildman–Crippen LogP) is 4.13. The Kier molecular flexibility index (Phi) is 5.07. The van der Waals surface area contributed by atoms with Crippen LogP contribution in [0.2, 0.25) is 0 Å². The van der Waals surface area contributed by atoms with Crippen molar-refractivity contribution in [3.63, 3.8) is 0 Å². The molecule has 1 heterocycles. The highest BCUT2D eigenvalue weighted by Gasteiger charge is 2.12. The SMILES string of the molecule is CCOC(=O)Oc1ccc2c(=O)c(Oc3cccc(OC)c3)coc2c1. The van der Waals surface area contributed by atoms with Crippen molar-refractivity contribution in [1.29, 1.82) is 0 Å². The molecule has 0 radical (unpaired) electrons. The van der Waals surface area contributed by atoms with E-state index in [1.54, 1.807) is 38.3 Å². The second kappa shape index (κ2) is 7.60. The van der Waals surface area contributed by atoms with Crippen LogP contribution in [0.15, 0.2) is 57.9 Å². The van der Waals surface area contributed by atoms with Gasteiger partial charge >= 0.3 is 6.16 Å². The summed E-state index contributed by atoms with van der Waals surface area (Å²) in [5.74, 6) is 1.29. The lowest BCUT2D eigenvalue weighted by molar-refractivity contribution is 0.104. The zero-order chi connectivity index (χ0) is 18.5. The molecular weight excluding hydrogens is 340 g/mol. The summed E-state index contributed by atoms with van der Waals surface area (Å²) in [7, 11) is 1.54. The van der Waals surface area contributed by atoms with Crippen molar-refractivity contribution in [3.8, 4) is 23.0 Å². The number of ether oxygens (including phenoxy) is 4. The minimum absolute atomic E-state index is 0.0322. The van der Waals surface area contributed by atoms with Crippen molar-refractivity contribution < 1.29 is 28.2 Å². The number of hydrogen-bond donors (Lipinski definition) is 0. The van der Waals surface area contributed by atoms with Crippen molar-refractivity contribution in [2.45, 2.75) is 6.92 Å². The van der Waals surface area contributed by atoms with Gasteiger partial charge in [0, 0.05) is 12.1 Å². The zero-order valence-electron chi connectivity index (χ0n) is 14.2. The van der Waals surface area contributed by atoms with Gasteiger partial charge in [0.05, 0.1) is 19.1 Å². The highest BCUT2D eigenvalue weighted by atomic mass is 16.7. The van der Waals surface area contributed by atoms with Gasteiger partial charge in [-0.2, -0.15) is 0 Å². The van der Waals surface area contributed by atoms with Crippen LogP contribution in [0.1, 0.15) is 6.92 Å². The minimum atomic E-state index is -0.827. The quantitative estimate of drug-likeness (QED) is 0.502. The summed E-state index contributed by atoms with van der Waals surface area (Å²) < 4.78 is 25.9. The number of carbonyl (C=O) groups excluding carboxylic acids is 1. The van der Waals surface area contributed by atoms with Crippen LogP contribution in [0.3, 0.4) is 0 Å². The van der Waals surface area contributed by atoms with E-state index in [2.05, 4.69) is 0 Å². The van der Waals surface area contributed by atoms with E-state index >= 15 is 0 Å². The normalized spacial score (nSPS) is 10.4. The topological polar surface area (TPSA) is 84.2 Å². The van der Waals surface area contributed by atoms with Crippen LogP contribution in [0.25, 0.3) is 11.0 Å². The van der Waals surface area contributed by atoms with Crippen LogP contribution >= 0.6 is 0 Å². The van der Waals surface area contributed by atoms with Crippen LogP contribution in [-0.2, 0) is 4.74 Å². The Morgan fingerprint density at radius 3 is 2.65 bits per heavy atom. The third kappa shape index (κ3) is 3.77. The molecule has 1 aromatic heterocycles. The van der Waals surface area contributed by atoms with Gasteiger partial charge in [0.2, 0.25) is 11.2 Å². The molecule has 0 aliphatic carbocycles. The molecule has 3 rings (SSSR count). The van der Waals surface area contributed by atoms with E-state index in [9.17, 15) is 9.59 Å². The fraction of sp³-hybridized carbons (Fsp3) is 0.158. The van der Waals surface area contributed by atoms with E-state index in [-0.39, 0.29) is 29.1 Å².